The fourth-order valence-electron chi connectivity index (χ4n) is 1.15. The second-order valence-electron chi connectivity index (χ2n) is 3.62. The Kier molecular flexibility index (Phi) is 3.92. The van der Waals surface area contributed by atoms with Gasteiger partial charge in [-0.05, 0) is 26.0 Å². The van der Waals surface area contributed by atoms with E-state index in [4.69, 9.17) is 9.84 Å². The lowest BCUT2D eigenvalue weighted by atomic mass is 10.2. The van der Waals surface area contributed by atoms with Crippen molar-refractivity contribution in [2.45, 2.75) is 20.0 Å². The first-order valence-electron chi connectivity index (χ1n) is 4.94. The summed E-state index contributed by atoms with van der Waals surface area (Å²) in [6.45, 7) is 3.40. The number of nitrogens with one attached hydrogen (secondary N) is 1. The Morgan fingerprint density at radius 2 is 2.00 bits per heavy atom. The second kappa shape index (κ2) is 5.20. The number of hydrogen-bond acceptors (Lipinski definition) is 4. The highest BCUT2D eigenvalue weighted by Gasteiger charge is 2.11. The zero-order chi connectivity index (χ0) is 13.0. The van der Waals surface area contributed by atoms with Crippen molar-refractivity contribution in [3.63, 3.8) is 0 Å². The molecule has 0 saturated carbocycles. The van der Waals surface area contributed by atoms with E-state index >= 15 is 0 Å². The number of ether oxygens (including phenoxy) is 1. The molecule has 1 aromatic carbocycles. The predicted octanol–water partition coefficient (Wildman–Crippen LogP) is 2.05. The number of carboxylic acid groups (broad SMARTS) is 1. The van der Waals surface area contributed by atoms with E-state index in [1.807, 2.05) is 0 Å². The Labute approximate surface area is 97.8 Å². The van der Waals surface area contributed by atoms with Crippen LogP contribution in [0.2, 0.25) is 0 Å². The Morgan fingerprint density at radius 1 is 1.35 bits per heavy atom. The molecule has 0 unspecified atom stereocenters. The molecule has 0 radical (unpaired) electrons. The Morgan fingerprint density at radius 3 is 2.47 bits per heavy atom. The highest BCUT2D eigenvalue weighted by atomic mass is 16.6. The number of aromatic carboxylic acids is 1. The molecule has 1 aromatic rings. The molecule has 0 bridgehead atoms. The van der Waals surface area contributed by atoms with E-state index < -0.39 is 17.8 Å². The summed E-state index contributed by atoms with van der Waals surface area (Å²) in [5.41, 5.74) is 0.0333. The lowest BCUT2D eigenvalue weighted by Gasteiger charge is -2.10. The van der Waals surface area contributed by atoms with Gasteiger partial charge in [0.05, 0.1) is 6.10 Å². The van der Waals surface area contributed by atoms with Gasteiger partial charge in [0.25, 0.3) is 0 Å². The maximum atomic E-state index is 11.2. The summed E-state index contributed by atoms with van der Waals surface area (Å²) in [6, 6.07) is 3.71. The van der Waals surface area contributed by atoms with Crippen molar-refractivity contribution in [3.05, 3.63) is 23.8 Å². The van der Waals surface area contributed by atoms with Crippen LogP contribution in [0.5, 0.6) is 5.75 Å². The zero-order valence-corrected chi connectivity index (χ0v) is 9.43. The Bertz CT molecular complexity index is 441. The lowest BCUT2D eigenvalue weighted by molar-refractivity contribution is 0.0693. The van der Waals surface area contributed by atoms with Crippen LogP contribution in [0, 0.1) is 0 Å². The molecule has 0 aliphatic rings. The first kappa shape index (κ1) is 12.8. The smallest absolute Gasteiger partial charge is 0.411 e. The van der Waals surface area contributed by atoms with Crippen LogP contribution in [-0.2, 0) is 4.74 Å². The number of hydrogen-bond donors (Lipinski definition) is 3. The van der Waals surface area contributed by atoms with Crippen LogP contribution in [0.25, 0.3) is 0 Å². The molecule has 6 nitrogen and oxygen atoms in total. The van der Waals surface area contributed by atoms with Crippen LogP contribution >= 0.6 is 0 Å². The normalized spacial score (nSPS) is 10.1. The van der Waals surface area contributed by atoms with Crippen molar-refractivity contribution < 1.29 is 24.5 Å². The molecule has 0 aliphatic carbocycles. The van der Waals surface area contributed by atoms with Crippen LogP contribution in [0.4, 0.5) is 10.5 Å². The van der Waals surface area contributed by atoms with Crippen LogP contribution in [0.1, 0.15) is 24.2 Å². The standard InChI is InChI=1S/C11H13NO5/c1-6(2)17-11(16)12-7-3-4-8(10(14)15)9(13)5-7/h3-6,13H,1-2H3,(H,12,16)(H,14,15). The average molecular weight is 239 g/mol. The minimum atomic E-state index is -1.24. The van der Waals surface area contributed by atoms with Gasteiger partial charge in [-0.1, -0.05) is 0 Å². The number of rotatable bonds is 3. The highest BCUT2D eigenvalue weighted by Crippen LogP contribution is 2.22. The van der Waals surface area contributed by atoms with E-state index in [2.05, 4.69) is 5.32 Å². The minimum absolute atomic E-state index is 0.229. The predicted molar refractivity (Wildman–Crippen MR) is 60.3 cm³/mol. The molecular weight excluding hydrogens is 226 g/mol. The Hall–Kier alpha value is -2.24. The molecular formula is C11H13NO5. The van der Waals surface area contributed by atoms with Crippen LogP contribution in [0.3, 0.4) is 0 Å². The van der Waals surface area contributed by atoms with Crippen molar-refractivity contribution in [1.29, 1.82) is 0 Å². The van der Waals surface area contributed by atoms with E-state index in [1.165, 1.54) is 12.1 Å². The summed E-state index contributed by atoms with van der Waals surface area (Å²) in [5.74, 6) is -1.65. The summed E-state index contributed by atoms with van der Waals surface area (Å²) < 4.78 is 4.82. The molecule has 0 aromatic heterocycles. The lowest BCUT2D eigenvalue weighted by Crippen LogP contribution is -2.18. The zero-order valence-electron chi connectivity index (χ0n) is 9.43. The van der Waals surface area contributed by atoms with E-state index in [-0.39, 0.29) is 17.4 Å². The molecule has 1 amide bonds. The molecule has 0 atom stereocenters. The van der Waals surface area contributed by atoms with E-state index in [0.29, 0.717) is 0 Å². The number of carbonyl (C=O) groups is 2. The number of carbonyl (C=O) groups excluding carboxylic acids is 1. The highest BCUT2D eigenvalue weighted by molar-refractivity contribution is 5.92. The first-order chi connectivity index (χ1) is 7.90. The van der Waals surface area contributed by atoms with Crippen molar-refractivity contribution in [1.82, 2.24) is 0 Å². The molecule has 1 rings (SSSR count). The first-order valence-corrected chi connectivity index (χ1v) is 4.94. The van der Waals surface area contributed by atoms with Crippen molar-refractivity contribution >= 4 is 17.7 Å². The molecule has 0 fully saturated rings. The van der Waals surface area contributed by atoms with Gasteiger partial charge < -0.3 is 14.9 Å². The maximum Gasteiger partial charge on any atom is 0.411 e. The molecule has 92 valence electrons. The monoisotopic (exact) mass is 239 g/mol. The number of amides is 1. The third kappa shape index (κ3) is 3.67. The largest absolute Gasteiger partial charge is 0.507 e. The van der Waals surface area contributed by atoms with E-state index in [9.17, 15) is 14.7 Å². The fraction of sp³-hybridized carbons (Fsp3) is 0.273. The number of aromatic hydroxyl groups is 1. The fourth-order valence-corrected chi connectivity index (χ4v) is 1.15. The van der Waals surface area contributed by atoms with Gasteiger partial charge in [-0.2, -0.15) is 0 Å². The van der Waals surface area contributed by atoms with E-state index in [0.717, 1.165) is 6.07 Å². The summed E-state index contributed by atoms with van der Waals surface area (Å²) >= 11 is 0. The number of phenols is 1. The summed E-state index contributed by atoms with van der Waals surface area (Å²) in [4.78, 5) is 21.9. The van der Waals surface area contributed by atoms with Gasteiger partial charge in [-0.15, -0.1) is 0 Å². The second-order valence-corrected chi connectivity index (χ2v) is 3.62. The summed E-state index contributed by atoms with van der Waals surface area (Å²) in [5, 5.41) is 20.4. The quantitative estimate of drug-likeness (QED) is 0.750. The molecule has 0 aliphatic heterocycles. The van der Waals surface area contributed by atoms with Gasteiger partial charge in [0.1, 0.15) is 11.3 Å². The van der Waals surface area contributed by atoms with Crippen molar-refractivity contribution in [2.75, 3.05) is 5.32 Å². The summed E-state index contributed by atoms with van der Waals surface area (Å²) in [7, 11) is 0. The molecule has 0 spiro atoms. The van der Waals surface area contributed by atoms with Crippen molar-refractivity contribution in [2.24, 2.45) is 0 Å². The van der Waals surface area contributed by atoms with Gasteiger partial charge in [0.15, 0.2) is 0 Å². The number of carboxylic acids is 1. The minimum Gasteiger partial charge on any atom is -0.507 e. The van der Waals surface area contributed by atoms with Crippen LogP contribution in [0.15, 0.2) is 18.2 Å². The van der Waals surface area contributed by atoms with Gasteiger partial charge >= 0.3 is 12.1 Å². The average Bonchev–Trinajstić information content (AvgIpc) is 2.15. The molecule has 6 heteroatoms. The van der Waals surface area contributed by atoms with Gasteiger partial charge in [-0.25, -0.2) is 9.59 Å². The van der Waals surface area contributed by atoms with Gasteiger partial charge in [0, 0.05) is 11.8 Å². The molecule has 17 heavy (non-hydrogen) atoms. The molecule has 0 saturated heterocycles. The number of anilines is 1. The van der Waals surface area contributed by atoms with Gasteiger partial charge in [-0.3, -0.25) is 5.32 Å². The van der Waals surface area contributed by atoms with Gasteiger partial charge in [0.2, 0.25) is 0 Å². The SMILES string of the molecule is CC(C)OC(=O)Nc1ccc(C(=O)O)c(O)c1. The van der Waals surface area contributed by atoms with E-state index in [1.54, 1.807) is 13.8 Å². The van der Waals surface area contributed by atoms with Crippen LogP contribution in [-0.4, -0.2) is 28.4 Å². The molecule has 3 N–H and O–H groups in total. The van der Waals surface area contributed by atoms with Crippen molar-refractivity contribution in [3.8, 4) is 5.75 Å². The third-order valence-electron chi connectivity index (χ3n) is 1.82. The number of benzene rings is 1. The third-order valence-corrected chi connectivity index (χ3v) is 1.82. The Balaban J connectivity index is 2.77. The maximum absolute atomic E-state index is 11.2. The topological polar surface area (TPSA) is 95.9 Å². The summed E-state index contributed by atoms with van der Waals surface area (Å²) in [6.07, 6.45) is -0.927. The molecule has 0 heterocycles. The van der Waals surface area contributed by atoms with Crippen LogP contribution < -0.4 is 5.32 Å².